The summed E-state index contributed by atoms with van der Waals surface area (Å²) in [6.07, 6.45) is 0.933. The first kappa shape index (κ1) is 13.9. The van der Waals surface area contributed by atoms with Crippen molar-refractivity contribution in [3.05, 3.63) is 34.1 Å². The summed E-state index contributed by atoms with van der Waals surface area (Å²) in [5.74, 6) is -1.84. The van der Waals surface area contributed by atoms with Gasteiger partial charge in [0.15, 0.2) is 0 Å². The third kappa shape index (κ3) is 3.41. The summed E-state index contributed by atoms with van der Waals surface area (Å²) in [5, 5.41) is 22.2. The van der Waals surface area contributed by atoms with E-state index in [0.717, 1.165) is 12.1 Å². The van der Waals surface area contributed by atoms with Crippen LogP contribution in [0, 0.1) is 15.9 Å². The highest BCUT2D eigenvalue weighted by molar-refractivity contribution is 5.78. The fraction of sp³-hybridized carbons (Fsp3) is 0.364. The maximum atomic E-state index is 12.9. The molecule has 1 atom stereocenters. The van der Waals surface area contributed by atoms with Gasteiger partial charge in [0.2, 0.25) is 0 Å². The van der Waals surface area contributed by atoms with Crippen LogP contribution >= 0.6 is 0 Å². The van der Waals surface area contributed by atoms with Crippen LogP contribution in [0.4, 0.5) is 15.8 Å². The summed E-state index contributed by atoms with van der Waals surface area (Å²) in [7, 11) is 0. The Labute approximate surface area is 103 Å². The van der Waals surface area contributed by atoms with Gasteiger partial charge in [0.1, 0.15) is 17.5 Å². The van der Waals surface area contributed by atoms with Gasteiger partial charge in [-0.05, 0) is 18.6 Å². The van der Waals surface area contributed by atoms with E-state index in [1.54, 1.807) is 6.92 Å². The van der Waals surface area contributed by atoms with E-state index in [4.69, 9.17) is 5.11 Å². The zero-order chi connectivity index (χ0) is 13.7. The lowest BCUT2D eigenvalue weighted by Gasteiger charge is -2.14. The number of carbonyl (C=O) groups is 1. The molecule has 0 radical (unpaired) electrons. The number of anilines is 1. The van der Waals surface area contributed by atoms with Crippen LogP contribution in [0.25, 0.3) is 0 Å². The molecule has 0 spiro atoms. The summed E-state index contributed by atoms with van der Waals surface area (Å²) in [4.78, 5) is 20.9. The number of nitrogens with one attached hydrogen (secondary N) is 1. The van der Waals surface area contributed by atoms with Crippen LogP contribution in [0.2, 0.25) is 0 Å². The molecule has 0 saturated heterocycles. The minimum Gasteiger partial charge on any atom is -0.480 e. The van der Waals surface area contributed by atoms with Crippen molar-refractivity contribution in [2.75, 3.05) is 5.32 Å². The number of halogens is 1. The van der Waals surface area contributed by atoms with Gasteiger partial charge in [0.05, 0.1) is 11.0 Å². The van der Waals surface area contributed by atoms with E-state index in [1.165, 1.54) is 6.07 Å². The Morgan fingerprint density at radius 1 is 1.61 bits per heavy atom. The molecule has 0 saturated carbocycles. The molecule has 0 amide bonds. The Balaban J connectivity index is 3.01. The predicted molar refractivity (Wildman–Crippen MR) is 63.0 cm³/mol. The Kier molecular flexibility index (Phi) is 4.59. The highest BCUT2D eigenvalue weighted by Crippen LogP contribution is 2.26. The van der Waals surface area contributed by atoms with Crippen LogP contribution in [0.5, 0.6) is 0 Å². The largest absolute Gasteiger partial charge is 0.480 e. The molecule has 1 rings (SSSR count). The molecule has 98 valence electrons. The second kappa shape index (κ2) is 5.95. The van der Waals surface area contributed by atoms with Crippen molar-refractivity contribution in [1.29, 1.82) is 0 Å². The number of aliphatic carboxylic acids is 1. The van der Waals surface area contributed by atoms with Crippen molar-refractivity contribution in [3.8, 4) is 0 Å². The zero-order valence-corrected chi connectivity index (χ0v) is 9.72. The summed E-state index contributed by atoms with van der Waals surface area (Å²) in [6, 6.07) is 2.03. The van der Waals surface area contributed by atoms with E-state index in [2.05, 4.69) is 5.32 Å². The van der Waals surface area contributed by atoms with Crippen LogP contribution < -0.4 is 5.32 Å². The zero-order valence-electron chi connectivity index (χ0n) is 9.72. The molecule has 0 aromatic heterocycles. The number of nitro benzene ring substituents is 1. The van der Waals surface area contributed by atoms with Gasteiger partial charge in [-0.2, -0.15) is 0 Å². The molecular weight excluding hydrogens is 243 g/mol. The Bertz CT molecular complexity index is 464. The monoisotopic (exact) mass is 256 g/mol. The number of carboxylic acids is 1. The second-order valence-corrected chi connectivity index (χ2v) is 3.74. The first-order chi connectivity index (χ1) is 8.45. The van der Waals surface area contributed by atoms with Gasteiger partial charge in [-0.25, -0.2) is 9.18 Å². The lowest BCUT2D eigenvalue weighted by atomic mass is 10.1. The predicted octanol–water partition coefficient (Wildman–Crippen LogP) is 2.40. The van der Waals surface area contributed by atoms with Gasteiger partial charge in [0, 0.05) is 0 Å². The standard InChI is InChI=1S/C11H13FN2O4/c1-2-3-9(11(15)16)13-8-5-4-7(12)6-10(8)14(17)18/h4-6,9,13H,2-3H2,1H3,(H,15,16). The van der Waals surface area contributed by atoms with Gasteiger partial charge in [0.25, 0.3) is 5.69 Å². The van der Waals surface area contributed by atoms with Crippen molar-refractivity contribution >= 4 is 17.3 Å². The highest BCUT2D eigenvalue weighted by Gasteiger charge is 2.21. The normalized spacial score (nSPS) is 11.9. The molecule has 0 aliphatic rings. The average molecular weight is 256 g/mol. The van der Waals surface area contributed by atoms with Crippen molar-refractivity contribution in [3.63, 3.8) is 0 Å². The van der Waals surface area contributed by atoms with Crippen molar-refractivity contribution in [1.82, 2.24) is 0 Å². The number of nitrogens with zero attached hydrogens (tertiary/aromatic N) is 1. The number of benzene rings is 1. The number of rotatable bonds is 6. The SMILES string of the molecule is CCCC(Nc1ccc(F)cc1[N+](=O)[O-])C(=O)O. The summed E-state index contributed by atoms with van der Waals surface area (Å²) < 4.78 is 12.9. The number of carboxylic acid groups (broad SMARTS) is 1. The van der Waals surface area contributed by atoms with Gasteiger partial charge in [-0.15, -0.1) is 0 Å². The van der Waals surface area contributed by atoms with Crippen LogP contribution in [0.3, 0.4) is 0 Å². The number of nitro groups is 1. The lowest BCUT2D eigenvalue weighted by molar-refractivity contribution is -0.384. The van der Waals surface area contributed by atoms with Crippen LogP contribution in [-0.4, -0.2) is 22.0 Å². The van der Waals surface area contributed by atoms with Crippen LogP contribution in [0.15, 0.2) is 18.2 Å². The molecule has 0 aliphatic heterocycles. The van der Waals surface area contributed by atoms with Gasteiger partial charge in [-0.3, -0.25) is 10.1 Å². The Morgan fingerprint density at radius 2 is 2.28 bits per heavy atom. The summed E-state index contributed by atoms with van der Waals surface area (Å²) >= 11 is 0. The molecule has 18 heavy (non-hydrogen) atoms. The van der Waals surface area contributed by atoms with E-state index >= 15 is 0 Å². The fourth-order valence-corrected chi connectivity index (χ4v) is 1.51. The van der Waals surface area contributed by atoms with Crippen molar-refractivity contribution in [2.45, 2.75) is 25.8 Å². The molecule has 2 N–H and O–H groups in total. The summed E-state index contributed by atoms with van der Waals surface area (Å²) in [5.41, 5.74) is -0.473. The van der Waals surface area contributed by atoms with Gasteiger partial charge < -0.3 is 10.4 Å². The topological polar surface area (TPSA) is 92.5 Å². The Morgan fingerprint density at radius 3 is 2.78 bits per heavy atom. The molecule has 1 aromatic carbocycles. The molecule has 6 nitrogen and oxygen atoms in total. The average Bonchev–Trinajstić information content (AvgIpc) is 2.30. The summed E-state index contributed by atoms with van der Waals surface area (Å²) in [6.45, 7) is 1.80. The van der Waals surface area contributed by atoms with Crippen molar-refractivity contribution in [2.24, 2.45) is 0 Å². The smallest absolute Gasteiger partial charge is 0.326 e. The molecule has 0 bridgehead atoms. The van der Waals surface area contributed by atoms with E-state index in [-0.39, 0.29) is 5.69 Å². The minimum atomic E-state index is -1.10. The van der Waals surface area contributed by atoms with Crippen molar-refractivity contribution < 1.29 is 19.2 Å². The van der Waals surface area contributed by atoms with Gasteiger partial charge in [-0.1, -0.05) is 13.3 Å². The highest BCUT2D eigenvalue weighted by atomic mass is 19.1. The molecule has 1 unspecified atom stereocenters. The second-order valence-electron chi connectivity index (χ2n) is 3.74. The minimum absolute atomic E-state index is 0.00208. The number of hydrogen-bond acceptors (Lipinski definition) is 4. The van der Waals surface area contributed by atoms with Crippen LogP contribution in [-0.2, 0) is 4.79 Å². The quantitative estimate of drug-likeness (QED) is 0.602. The maximum Gasteiger partial charge on any atom is 0.326 e. The van der Waals surface area contributed by atoms with E-state index in [1.807, 2.05) is 0 Å². The van der Waals surface area contributed by atoms with E-state index < -0.39 is 28.4 Å². The molecule has 1 aromatic rings. The first-order valence-corrected chi connectivity index (χ1v) is 5.39. The molecular formula is C11H13FN2O4. The Hall–Kier alpha value is -2.18. The van der Waals surface area contributed by atoms with E-state index in [9.17, 15) is 19.3 Å². The third-order valence-electron chi connectivity index (χ3n) is 2.36. The fourth-order valence-electron chi connectivity index (χ4n) is 1.51. The van der Waals surface area contributed by atoms with Gasteiger partial charge >= 0.3 is 5.97 Å². The number of hydrogen-bond donors (Lipinski definition) is 2. The first-order valence-electron chi connectivity index (χ1n) is 5.39. The maximum absolute atomic E-state index is 12.9. The molecule has 0 aliphatic carbocycles. The molecule has 0 fully saturated rings. The molecule has 0 heterocycles. The van der Waals surface area contributed by atoms with Crippen LogP contribution in [0.1, 0.15) is 19.8 Å². The third-order valence-corrected chi connectivity index (χ3v) is 2.36. The van der Waals surface area contributed by atoms with E-state index in [0.29, 0.717) is 12.8 Å². The lowest BCUT2D eigenvalue weighted by Crippen LogP contribution is -2.29. The molecule has 7 heteroatoms.